The van der Waals surface area contributed by atoms with Crippen LogP contribution in [-0.4, -0.2) is 62.5 Å². The van der Waals surface area contributed by atoms with Crippen LogP contribution in [0.1, 0.15) is 33.6 Å². The largest absolute Gasteiger partial charge is 0.341 e. The lowest BCUT2D eigenvalue weighted by molar-refractivity contribution is -0.142. The summed E-state index contributed by atoms with van der Waals surface area (Å²) in [5, 5.41) is 3.36. The predicted molar refractivity (Wildman–Crippen MR) is 80.2 cm³/mol. The molecule has 1 aliphatic rings. The van der Waals surface area contributed by atoms with Crippen molar-refractivity contribution in [2.75, 3.05) is 46.8 Å². The van der Waals surface area contributed by atoms with E-state index in [4.69, 9.17) is 0 Å². The number of carbonyl (C=O) groups excluding carboxylic acids is 1. The van der Waals surface area contributed by atoms with Gasteiger partial charge in [-0.2, -0.15) is 0 Å². The van der Waals surface area contributed by atoms with Crippen molar-refractivity contribution in [1.29, 1.82) is 0 Å². The Bertz CT molecular complexity index is 283. The topological polar surface area (TPSA) is 35.6 Å². The minimum absolute atomic E-state index is 0.152. The second-order valence-electron chi connectivity index (χ2n) is 6.51. The van der Waals surface area contributed by atoms with Gasteiger partial charge in [0.1, 0.15) is 0 Å². The van der Waals surface area contributed by atoms with E-state index in [0.717, 1.165) is 45.6 Å². The number of nitrogens with zero attached hydrogens (tertiary/aromatic N) is 2. The molecular weight excluding hydrogens is 238 g/mol. The lowest BCUT2D eigenvalue weighted by Gasteiger charge is -2.35. The van der Waals surface area contributed by atoms with Crippen LogP contribution in [0, 0.1) is 11.3 Å². The first-order valence-electron chi connectivity index (χ1n) is 7.56. The number of hydrogen-bond donors (Lipinski definition) is 1. The number of rotatable bonds is 7. The summed E-state index contributed by atoms with van der Waals surface area (Å²) in [5.74, 6) is 0.880. The lowest BCUT2D eigenvalue weighted by Crippen LogP contribution is -2.48. The highest BCUT2D eigenvalue weighted by molar-refractivity contribution is 5.83. The van der Waals surface area contributed by atoms with Crippen molar-refractivity contribution in [2.45, 2.75) is 33.6 Å². The highest BCUT2D eigenvalue weighted by Gasteiger charge is 2.41. The summed E-state index contributed by atoms with van der Waals surface area (Å²) in [6, 6.07) is 0. The zero-order valence-corrected chi connectivity index (χ0v) is 13.3. The maximum Gasteiger partial charge on any atom is 0.230 e. The number of amides is 1. The van der Waals surface area contributed by atoms with Gasteiger partial charge in [-0.05, 0) is 39.4 Å². The first-order valence-corrected chi connectivity index (χ1v) is 7.56. The van der Waals surface area contributed by atoms with E-state index in [0.29, 0.717) is 11.8 Å². The zero-order valence-electron chi connectivity index (χ0n) is 13.3. The molecule has 4 heteroatoms. The van der Waals surface area contributed by atoms with Gasteiger partial charge < -0.3 is 15.1 Å². The highest BCUT2D eigenvalue weighted by Crippen LogP contribution is 2.32. The third-order valence-electron chi connectivity index (χ3n) is 4.06. The second kappa shape index (κ2) is 7.25. The molecule has 1 fully saturated rings. The van der Waals surface area contributed by atoms with Crippen molar-refractivity contribution >= 4 is 5.91 Å². The highest BCUT2D eigenvalue weighted by atomic mass is 16.2. The Labute approximate surface area is 118 Å². The van der Waals surface area contributed by atoms with Gasteiger partial charge in [-0.15, -0.1) is 0 Å². The van der Waals surface area contributed by atoms with Gasteiger partial charge in [0, 0.05) is 26.2 Å². The van der Waals surface area contributed by atoms with Gasteiger partial charge in [-0.25, -0.2) is 0 Å². The first kappa shape index (κ1) is 16.4. The monoisotopic (exact) mass is 269 g/mol. The van der Waals surface area contributed by atoms with E-state index in [9.17, 15) is 4.79 Å². The molecule has 1 atom stereocenters. The van der Waals surface area contributed by atoms with Crippen LogP contribution in [0.4, 0.5) is 0 Å². The van der Waals surface area contributed by atoms with E-state index >= 15 is 0 Å². The van der Waals surface area contributed by atoms with Gasteiger partial charge in [0.05, 0.1) is 5.41 Å². The fourth-order valence-corrected chi connectivity index (χ4v) is 2.75. The van der Waals surface area contributed by atoms with Crippen LogP contribution in [0.5, 0.6) is 0 Å². The predicted octanol–water partition coefficient (Wildman–Crippen LogP) is 1.42. The van der Waals surface area contributed by atoms with Crippen LogP contribution in [0.2, 0.25) is 0 Å². The van der Waals surface area contributed by atoms with Crippen LogP contribution >= 0.6 is 0 Å². The number of carbonyl (C=O) groups is 1. The summed E-state index contributed by atoms with van der Waals surface area (Å²) in [7, 11) is 4.12. The molecule has 0 bridgehead atoms. The van der Waals surface area contributed by atoms with Crippen molar-refractivity contribution in [3.8, 4) is 0 Å². The van der Waals surface area contributed by atoms with E-state index in [1.807, 2.05) is 0 Å². The quantitative estimate of drug-likeness (QED) is 0.759. The standard InChI is InChI=1S/C15H31N3O/c1-6-15(7-8-16-12-15)14(19)18(11-13(2)3)10-9-17(4)5/h13,16H,6-12H2,1-5H3. The summed E-state index contributed by atoms with van der Waals surface area (Å²) in [5.41, 5.74) is -0.152. The molecule has 1 unspecified atom stereocenters. The normalized spacial score (nSPS) is 23.3. The molecule has 0 aromatic heterocycles. The minimum atomic E-state index is -0.152. The average molecular weight is 269 g/mol. The first-order chi connectivity index (χ1) is 8.91. The summed E-state index contributed by atoms with van der Waals surface area (Å²) in [6.45, 7) is 11.0. The van der Waals surface area contributed by atoms with Crippen molar-refractivity contribution in [2.24, 2.45) is 11.3 Å². The lowest BCUT2D eigenvalue weighted by atomic mass is 9.82. The fourth-order valence-electron chi connectivity index (χ4n) is 2.75. The Morgan fingerprint density at radius 1 is 1.32 bits per heavy atom. The van der Waals surface area contributed by atoms with Crippen LogP contribution in [-0.2, 0) is 4.79 Å². The van der Waals surface area contributed by atoms with Crippen LogP contribution in [0.25, 0.3) is 0 Å². The summed E-state index contributed by atoms with van der Waals surface area (Å²) < 4.78 is 0. The van der Waals surface area contributed by atoms with Gasteiger partial charge in [-0.1, -0.05) is 20.8 Å². The molecule has 1 N–H and O–H groups in total. The van der Waals surface area contributed by atoms with E-state index in [-0.39, 0.29) is 5.41 Å². The maximum absolute atomic E-state index is 12.9. The Balaban J connectivity index is 2.74. The molecule has 4 nitrogen and oxygen atoms in total. The summed E-state index contributed by atoms with van der Waals surface area (Å²) >= 11 is 0. The van der Waals surface area contributed by atoms with Gasteiger partial charge in [0.2, 0.25) is 5.91 Å². The van der Waals surface area contributed by atoms with Crippen molar-refractivity contribution in [3.63, 3.8) is 0 Å². The molecule has 1 rings (SSSR count). The van der Waals surface area contributed by atoms with Crippen LogP contribution in [0.3, 0.4) is 0 Å². The molecule has 1 heterocycles. The third kappa shape index (κ3) is 4.46. The second-order valence-corrected chi connectivity index (χ2v) is 6.51. The minimum Gasteiger partial charge on any atom is -0.341 e. The average Bonchev–Trinajstić information content (AvgIpc) is 2.83. The Morgan fingerprint density at radius 2 is 2.00 bits per heavy atom. The molecule has 1 aliphatic heterocycles. The van der Waals surface area contributed by atoms with E-state index in [1.165, 1.54) is 0 Å². The molecular formula is C15H31N3O. The number of likely N-dealkylation sites (N-methyl/N-ethyl adjacent to an activating group) is 1. The Kier molecular flexibility index (Phi) is 6.27. The Morgan fingerprint density at radius 3 is 2.42 bits per heavy atom. The van der Waals surface area contributed by atoms with Crippen molar-refractivity contribution in [3.05, 3.63) is 0 Å². The molecule has 0 aromatic carbocycles. The van der Waals surface area contributed by atoms with Gasteiger partial charge in [0.15, 0.2) is 0 Å². The Hall–Kier alpha value is -0.610. The molecule has 19 heavy (non-hydrogen) atoms. The van der Waals surface area contributed by atoms with Crippen LogP contribution in [0.15, 0.2) is 0 Å². The molecule has 112 valence electrons. The van der Waals surface area contributed by atoms with Crippen molar-refractivity contribution < 1.29 is 4.79 Å². The number of nitrogens with one attached hydrogen (secondary N) is 1. The van der Waals surface area contributed by atoms with Gasteiger partial charge in [-0.3, -0.25) is 4.79 Å². The molecule has 1 saturated heterocycles. The fraction of sp³-hybridized carbons (Fsp3) is 0.933. The number of hydrogen-bond acceptors (Lipinski definition) is 3. The third-order valence-corrected chi connectivity index (χ3v) is 4.06. The summed E-state index contributed by atoms with van der Waals surface area (Å²) in [4.78, 5) is 17.1. The molecule has 1 amide bonds. The zero-order chi connectivity index (χ0) is 14.5. The van der Waals surface area contributed by atoms with E-state index in [2.05, 4.69) is 50.0 Å². The smallest absolute Gasteiger partial charge is 0.230 e. The molecule has 0 radical (unpaired) electrons. The molecule has 0 aromatic rings. The van der Waals surface area contributed by atoms with E-state index < -0.39 is 0 Å². The SMILES string of the molecule is CCC1(C(=O)N(CCN(C)C)CC(C)C)CCNC1. The van der Waals surface area contributed by atoms with E-state index in [1.54, 1.807) is 0 Å². The van der Waals surface area contributed by atoms with Crippen molar-refractivity contribution in [1.82, 2.24) is 15.1 Å². The van der Waals surface area contributed by atoms with Crippen LogP contribution < -0.4 is 5.32 Å². The molecule has 0 saturated carbocycles. The summed E-state index contributed by atoms with van der Waals surface area (Å²) in [6.07, 6.45) is 1.92. The molecule has 0 spiro atoms. The maximum atomic E-state index is 12.9. The molecule has 0 aliphatic carbocycles. The van der Waals surface area contributed by atoms with Gasteiger partial charge >= 0.3 is 0 Å². The van der Waals surface area contributed by atoms with Gasteiger partial charge in [0.25, 0.3) is 0 Å².